The topological polar surface area (TPSA) is 35.5 Å². The molecule has 1 aliphatic carbocycles. The first-order valence-electron chi connectivity index (χ1n) is 7.17. The van der Waals surface area contributed by atoms with Crippen molar-refractivity contribution >= 4 is 5.97 Å². The highest BCUT2D eigenvalue weighted by atomic mass is 16.5. The minimum Gasteiger partial charge on any atom is -0.490 e. The molecule has 1 aromatic carbocycles. The van der Waals surface area contributed by atoms with Gasteiger partial charge in [-0.1, -0.05) is 25.5 Å². The number of rotatable bonds is 7. The molecule has 0 heterocycles. The van der Waals surface area contributed by atoms with Crippen LogP contribution in [-0.2, 0) is 9.53 Å². The van der Waals surface area contributed by atoms with Gasteiger partial charge in [-0.2, -0.15) is 0 Å². The van der Waals surface area contributed by atoms with Crippen molar-refractivity contribution in [3.05, 3.63) is 29.8 Å². The Kier molecular flexibility index (Phi) is 4.83. The average molecular weight is 262 g/mol. The molecule has 1 unspecified atom stereocenters. The molecule has 0 aromatic heterocycles. The van der Waals surface area contributed by atoms with E-state index < -0.39 is 0 Å². The monoisotopic (exact) mass is 262 g/mol. The normalized spacial score (nSPS) is 15.9. The van der Waals surface area contributed by atoms with Gasteiger partial charge in [0.05, 0.1) is 18.6 Å². The lowest BCUT2D eigenvalue weighted by Crippen LogP contribution is -2.16. The molecule has 0 aliphatic heterocycles. The zero-order chi connectivity index (χ0) is 13.7. The van der Waals surface area contributed by atoms with Gasteiger partial charge >= 0.3 is 5.97 Å². The van der Waals surface area contributed by atoms with Gasteiger partial charge in [0.25, 0.3) is 0 Å². The van der Waals surface area contributed by atoms with Crippen molar-refractivity contribution < 1.29 is 14.3 Å². The van der Waals surface area contributed by atoms with E-state index >= 15 is 0 Å². The van der Waals surface area contributed by atoms with E-state index in [1.807, 2.05) is 31.2 Å². The van der Waals surface area contributed by atoms with Crippen LogP contribution >= 0.6 is 0 Å². The lowest BCUT2D eigenvalue weighted by molar-refractivity contribution is -0.145. The second-order valence-corrected chi connectivity index (χ2v) is 4.98. The van der Waals surface area contributed by atoms with E-state index in [0.717, 1.165) is 37.0 Å². The fraction of sp³-hybridized carbons (Fsp3) is 0.562. The molecule has 0 N–H and O–H groups in total. The molecular weight excluding hydrogens is 240 g/mol. The molecule has 0 bridgehead atoms. The summed E-state index contributed by atoms with van der Waals surface area (Å²) in [4.78, 5) is 12.0. The third kappa shape index (κ3) is 3.98. The molecule has 1 saturated carbocycles. The first kappa shape index (κ1) is 13.9. The van der Waals surface area contributed by atoms with E-state index in [2.05, 4.69) is 6.92 Å². The van der Waals surface area contributed by atoms with Crippen molar-refractivity contribution in [3.8, 4) is 5.75 Å². The highest BCUT2D eigenvalue weighted by Gasteiger charge is 2.25. The van der Waals surface area contributed by atoms with Gasteiger partial charge in [-0.25, -0.2) is 0 Å². The molecule has 0 spiro atoms. The summed E-state index contributed by atoms with van der Waals surface area (Å²) in [6.45, 7) is 4.35. The van der Waals surface area contributed by atoms with Gasteiger partial charge in [-0.05, 0) is 43.9 Å². The number of benzene rings is 1. The van der Waals surface area contributed by atoms with Gasteiger partial charge in [0, 0.05) is 0 Å². The van der Waals surface area contributed by atoms with Gasteiger partial charge in [0.2, 0.25) is 0 Å². The van der Waals surface area contributed by atoms with Crippen LogP contribution in [0, 0.1) is 0 Å². The van der Waals surface area contributed by atoms with Crippen molar-refractivity contribution in [2.75, 3.05) is 6.61 Å². The largest absolute Gasteiger partial charge is 0.490 e. The van der Waals surface area contributed by atoms with Crippen LogP contribution in [0.5, 0.6) is 5.75 Å². The van der Waals surface area contributed by atoms with Crippen LogP contribution in [0.1, 0.15) is 51.0 Å². The summed E-state index contributed by atoms with van der Waals surface area (Å²) in [5.41, 5.74) is 0.999. The number of hydrogen-bond acceptors (Lipinski definition) is 3. The minimum absolute atomic E-state index is 0.132. The summed E-state index contributed by atoms with van der Waals surface area (Å²) in [6, 6.07) is 7.87. The Bertz CT molecular complexity index is 424. The van der Waals surface area contributed by atoms with Gasteiger partial charge in [-0.15, -0.1) is 0 Å². The van der Waals surface area contributed by atoms with E-state index in [0.29, 0.717) is 12.7 Å². The van der Waals surface area contributed by atoms with Crippen LogP contribution < -0.4 is 4.74 Å². The summed E-state index contributed by atoms with van der Waals surface area (Å²) < 4.78 is 10.9. The Morgan fingerprint density at radius 1 is 1.37 bits per heavy atom. The van der Waals surface area contributed by atoms with Gasteiger partial charge in [0.15, 0.2) is 0 Å². The van der Waals surface area contributed by atoms with E-state index in [-0.39, 0.29) is 11.9 Å². The summed E-state index contributed by atoms with van der Waals surface area (Å²) in [7, 11) is 0. The minimum atomic E-state index is -0.173. The first-order valence-corrected chi connectivity index (χ1v) is 7.17. The summed E-state index contributed by atoms with van der Waals surface area (Å²) in [5, 5.41) is 0. The molecule has 2 rings (SSSR count). The van der Waals surface area contributed by atoms with Gasteiger partial charge < -0.3 is 9.47 Å². The van der Waals surface area contributed by atoms with Crippen molar-refractivity contribution in [1.82, 2.24) is 0 Å². The fourth-order valence-electron chi connectivity index (χ4n) is 2.14. The molecule has 1 aromatic rings. The van der Waals surface area contributed by atoms with Crippen molar-refractivity contribution in [2.45, 2.75) is 51.6 Å². The number of esters is 1. The van der Waals surface area contributed by atoms with E-state index in [1.165, 1.54) is 0 Å². The van der Waals surface area contributed by atoms with E-state index in [9.17, 15) is 4.79 Å². The van der Waals surface area contributed by atoms with E-state index in [4.69, 9.17) is 9.47 Å². The Labute approximate surface area is 114 Å². The molecule has 3 heteroatoms. The number of ether oxygens (including phenoxy) is 2. The van der Waals surface area contributed by atoms with Crippen LogP contribution in [0.3, 0.4) is 0 Å². The molecule has 0 radical (unpaired) electrons. The Balaban J connectivity index is 2.12. The maximum atomic E-state index is 12.0. The number of carbonyl (C=O) groups is 1. The molecule has 0 amide bonds. The fourth-order valence-corrected chi connectivity index (χ4v) is 2.14. The highest BCUT2D eigenvalue weighted by Crippen LogP contribution is 2.30. The Morgan fingerprint density at radius 2 is 2.16 bits per heavy atom. The van der Waals surface area contributed by atoms with Crippen molar-refractivity contribution in [2.24, 2.45) is 0 Å². The third-order valence-corrected chi connectivity index (χ3v) is 3.24. The zero-order valence-electron chi connectivity index (χ0n) is 11.7. The lowest BCUT2D eigenvalue weighted by Gasteiger charge is -2.16. The Morgan fingerprint density at radius 3 is 2.79 bits per heavy atom. The lowest BCUT2D eigenvalue weighted by atomic mass is 9.94. The van der Waals surface area contributed by atoms with Gasteiger partial charge in [0.1, 0.15) is 5.75 Å². The average Bonchev–Trinajstić information content (AvgIpc) is 3.20. The molecule has 104 valence electrons. The first-order chi connectivity index (χ1) is 9.24. The summed E-state index contributed by atoms with van der Waals surface area (Å²) in [6.07, 6.45) is 4.42. The maximum absolute atomic E-state index is 12.0. The second-order valence-electron chi connectivity index (χ2n) is 4.98. The summed E-state index contributed by atoms with van der Waals surface area (Å²) in [5.74, 6) is 0.561. The molecular formula is C16H22O3. The highest BCUT2D eigenvalue weighted by molar-refractivity contribution is 5.78. The van der Waals surface area contributed by atoms with Crippen molar-refractivity contribution in [1.29, 1.82) is 0 Å². The van der Waals surface area contributed by atoms with Gasteiger partial charge in [-0.3, -0.25) is 4.79 Å². The Hall–Kier alpha value is -1.51. The molecule has 19 heavy (non-hydrogen) atoms. The molecule has 1 fully saturated rings. The van der Waals surface area contributed by atoms with Crippen LogP contribution in [0.2, 0.25) is 0 Å². The van der Waals surface area contributed by atoms with Crippen molar-refractivity contribution in [3.63, 3.8) is 0 Å². The standard InChI is InChI=1S/C16H22O3/c1-3-6-15(16(17)18-4-2)12-7-5-8-14(11-12)19-13-9-10-13/h5,7-8,11,13,15H,3-4,6,9-10H2,1-2H3. The SMILES string of the molecule is CCCC(C(=O)OCC)c1cccc(OC2CC2)c1. The number of carbonyl (C=O) groups excluding carboxylic acids is 1. The zero-order valence-corrected chi connectivity index (χ0v) is 11.7. The predicted molar refractivity (Wildman–Crippen MR) is 74.4 cm³/mol. The number of hydrogen-bond donors (Lipinski definition) is 0. The molecule has 1 atom stereocenters. The summed E-state index contributed by atoms with van der Waals surface area (Å²) >= 11 is 0. The quantitative estimate of drug-likeness (QED) is 0.703. The second kappa shape index (κ2) is 6.60. The van der Waals surface area contributed by atoms with E-state index in [1.54, 1.807) is 0 Å². The van der Waals surface area contributed by atoms with Crippen LogP contribution in [0.15, 0.2) is 24.3 Å². The molecule has 3 nitrogen and oxygen atoms in total. The smallest absolute Gasteiger partial charge is 0.313 e. The predicted octanol–water partition coefficient (Wildman–Crippen LogP) is 3.67. The van der Waals surface area contributed by atoms with Crippen LogP contribution in [0.25, 0.3) is 0 Å². The molecule has 0 saturated heterocycles. The van der Waals surface area contributed by atoms with Crippen LogP contribution in [0.4, 0.5) is 0 Å². The maximum Gasteiger partial charge on any atom is 0.313 e. The molecule has 1 aliphatic rings. The van der Waals surface area contributed by atoms with Crippen LogP contribution in [-0.4, -0.2) is 18.7 Å². The third-order valence-electron chi connectivity index (χ3n) is 3.24.